The summed E-state index contributed by atoms with van der Waals surface area (Å²) in [5.41, 5.74) is 1.73. The van der Waals surface area contributed by atoms with Crippen molar-refractivity contribution in [3.63, 3.8) is 0 Å². The van der Waals surface area contributed by atoms with Crippen LogP contribution in [-0.4, -0.2) is 7.11 Å². The van der Waals surface area contributed by atoms with E-state index in [4.69, 9.17) is 10.00 Å². The van der Waals surface area contributed by atoms with Crippen LogP contribution in [0.5, 0.6) is 5.75 Å². The lowest BCUT2D eigenvalue weighted by Gasteiger charge is -2.05. The molecule has 0 bridgehead atoms. The Labute approximate surface area is 86.4 Å². The van der Waals surface area contributed by atoms with E-state index in [-0.39, 0.29) is 0 Å². The number of hydrogen-bond donors (Lipinski definition) is 0. The zero-order chi connectivity index (χ0) is 10.1. The molecular formula is C11H9NOS. The highest BCUT2D eigenvalue weighted by Crippen LogP contribution is 2.34. The van der Waals surface area contributed by atoms with Crippen LogP contribution in [0.25, 0.3) is 10.1 Å². The molecule has 0 aliphatic heterocycles. The van der Waals surface area contributed by atoms with Crippen LogP contribution >= 0.6 is 11.3 Å². The van der Waals surface area contributed by atoms with Gasteiger partial charge in [-0.05, 0) is 30.0 Å². The Kier molecular flexibility index (Phi) is 2.14. The molecule has 1 heterocycles. The third-order valence-electron chi connectivity index (χ3n) is 2.29. The molecule has 0 spiro atoms. The SMILES string of the molecule is COc1cc(C#N)c(C)c2sccc12. The Balaban J connectivity index is 2.89. The number of thiophene rings is 1. The van der Waals surface area contributed by atoms with Crippen LogP contribution < -0.4 is 4.74 Å². The molecule has 1 aromatic heterocycles. The van der Waals surface area contributed by atoms with Crippen molar-refractivity contribution in [2.24, 2.45) is 0 Å². The van der Waals surface area contributed by atoms with E-state index in [9.17, 15) is 0 Å². The maximum Gasteiger partial charge on any atom is 0.128 e. The lowest BCUT2D eigenvalue weighted by molar-refractivity contribution is 0.419. The predicted molar refractivity (Wildman–Crippen MR) is 57.8 cm³/mol. The van der Waals surface area contributed by atoms with Crippen LogP contribution in [0.2, 0.25) is 0 Å². The lowest BCUT2D eigenvalue weighted by Crippen LogP contribution is -1.88. The predicted octanol–water partition coefficient (Wildman–Crippen LogP) is 3.09. The van der Waals surface area contributed by atoms with Gasteiger partial charge in [-0.2, -0.15) is 5.26 Å². The maximum atomic E-state index is 8.93. The number of aryl methyl sites for hydroxylation is 1. The maximum absolute atomic E-state index is 8.93. The highest BCUT2D eigenvalue weighted by Gasteiger charge is 2.09. The van der Waals surface area contributed by atoms with Gasteiger partial charge in [0.25, 0.3) is 0 Å². The molecule has 3 heteroatoms. The van der Waals surface area contributed by atoms with Gasteiger partial charge in [-0.15, -0.1) is 11.3 Å². The van der Waals surface area contributed by atoms with Crippen molar-refractivity contribution in [3.05, 3.63) is 28.6 Å². The van der Waals surface area contributed by atoms with Crippen molar-refractivity contribution in [1.82, 2.24) is 0 Å². The van der Waals surface area contributed by atoms with Crippen LogP contribution in [0.3, 0.4) is 0 Å². The fourth-order valence-electron chi connectivity index (χ4n) is 1.52. The largest absolute Gasteiger partial charge is 0.496 e. The summed E-state index contributed by atoms with van der Waals surface area (Å²) < 4.78 is 6.38. The van der Waals surface area contributed by atoms with Crippen LogP contribution in [-0.2, 0) is 0 Å². The number of ether oxygens (including phenoxy) is 1. The van der Waals surface area contributed by atoms with Crippen molar-refractivity contribution in [1.29, 1.82) is 5.26 Å². The first-order chi connectivity index (χ1) is 6.77. The van der Waals surface area contributed by atoms with E-state index in [1.165, 1.54) is 0 Å². The van der Waals surface area contributed by atoms with Crippen molar-refractivity contribution in [2.45, 2.75) is 6.92 Å². The highest BCUT2D eigenvalue weighted by molar-refractivity contribution is 7.17. The summed E-state index contributed by atoms with van der Waals surface area (Å²) in [7, 11) is 1.63. The molecule has 0 atom stereocenters. The van der Waals surface area contributed by atoms with Gasteiger partial charge in [-0.1, -0.05) is 0 Å². The zero-order valence-electron chi connectivity index (χ0n) is 8.00. The molecule has 0 aliphatic carbocycles. The van der Waals surface area contributed by atoms with Gasteiger partial charge < -0.3 is 4.74 Å². The fourth-order valence-corrected chi connectivity index (χ4v) is 2.44. The minimum Gasteiger partial charge on any atom is -0.496 e. The monoisotopic (exact) mass is 203 g/mol. The average molecular weight is 203 g/mol. The first kappa shape index (κ1) is 9.04. The van der Waals surface area contributed by atoms with Gasteiger partial charge >= 0.3 is 0 Å². The molecule has 14 heavy (non-hydrogen) atoms. The summed E-state index contributed by atoms with van der Waals surface area (Å²) in [6.45, 7) is 1.97. The molecule has 0 radical (unpaired) electrons. The second-order valence-electron chi connectivity index (χ2n) is 3.03. The van der Waals surface area contributed by atoms with Gasteiger partial charge in [0.05, 0.1) is 18.7 Å². The number of nitrogens with zero attached hydrogens (tertiary/aromatic N) is 1. The number of fused-ring (bicyclic) bond motifs is 1. The van der Waals surface area contributed by atoms with Gasteiger partial charge in [0, 0.05) is 10.1 Å². The van der Waals surface area contributed by atoms with E-state index < -0.39 is 0 Å². The molecule has 2 aromatic rings. The van der Waals surface area contributed by atoms with Crippen molar-refractivity contribution in [3.8, 4) is 11.8 Å². The smallest absolute Gasteiger partial charge is 0.128 e. The van der Waals surface area contributed by atoms with Crippen LogP contribution in [0, 0.1) is 18.3 Å². The number of nitriles is 1. The second-order valence-corrected chi connectivity index (χ2v) is 3.94. The zero-order valence-corrected chi connectivity index (χ0v) is 8.81. The number of rotatable bonds is 1. The summed E-state index contributed by atoms with van der Waals surface area (Å²) in [6.07, 6.45) is 0. The molecule has 0 aliphatic rings. The number of hydrogen-bond acceptors (Lipinski definition) is 3. The van der Waals surface area contributed by atoms with Gasteiger partial charge in [-0.3, -0.25) is 0 Å². The van der Waals surface area contributed by atoms with E-state index in [0.717, 1.165) is 21.4 Å². The van der Waals surface area contributed by atoms with Gasteiger partial charge in [0.15, 0.2) is 0 Å². The Morgan fingerprint density at radius 3 is 2.93 bits per heavy atom. The first-order valence-corrected chi connectivity index (χ1v) is 5.10. The Morgan fingerprint density at radius 2 is 2.29 bits per heavy atom. The van der Waals surface area contributed by atoms with E-state index in [2.05, 4.69) is 6.07 Å². The summed E-state index contributed by atoms with van der Waals surface area (Å²) in [4.78, 5) is 0. The van der Waals surface area contributed by atoms with Gasteiger partial charge in [0.2, 0.25) is 0 Å². The van der Waals surface area contributed by atoms with Crippen LogP contribution in [0.4, 0.5) is 0 Å². The molecular weight excluding hydrogens is 194 g/mol. The second kappa shape index (κ2) is 3.32. The van der Waals surface area contributed by atoms with Crippen molar-refractivity contribution < 1.29 is 4.74 Å². The molecule has 0 unspecified atom stereocenters. The van der Waals surface area contributed by atoms with Gasteiger partial charge in [0.1, 0.15) is 5.75 Å². The molecule has 0 saturated carbocycles. The third-order valence-corrected chi connectivity index (χ3v) is 3.33. The molecule has 0 fully saturated rings. The summed E-state index contributed by atoms with van der Waals surface area (Å²) in [5, 5.41) is 12.0. The average Bonchev–Trinajstić information content (AvgIpc) is 2.68. The Bertz CT molecular complexity index is 522. The minimum absolute atomic E-state index is 0.691. The summed E-state index contributed by atoms with van der Waals surface area (Å²) in [6, 6.07) is 6.00. The topological polar surface area (TPSA) is 33.0 Å². The van der Waals surface area contributed by atoms with Crippen molar-refractivity contribution >= 4 is 21.4 Å². The van der Waals surface area contributed by atoms with E-state index in [1.807, 2.05) is 18.4 Å². The molecule has 0 N–H and O–H groups in total. The normalized spacial score (nSPS) is 10.1. The Hall–Kier alpha value is -1.53. The van der Waals surface area contributed by atoms with Crippen LogP contribution in [0.1, 0.15) is 11.1 Å². The summed E-state index contributed by atoms with van der Waals surface area (Å²) in [5.74, 6) is 0.781. The standard InChI is InChI=1S/C11H9NOS/c1-7-8(6-12)5-10(13-2)9-3-4-14-11(7)9/h3-5H,1-2H3. The number of methoxy groups -OCH3 is 1. The Morgan fingerprint density at radius 1 is 1.50 bits per heavy atom. The van der Waals surface area contributed by atoms with E-state index in [0.29, 0.717) is 5.56 Å². The van der Waals surface area contributed by atoms with Crippen LogP contribution in [0.15, 0.2) is 17.5 Å². The van der Waals surface area contributed by atoms with Crippen molar-refractivity contribution in [2.75, 3.05) is 7.11 Å². The van der Waals surface area contributed by atoms with Gasteiger partial charge in [-0.25, -0.2) is 0 Å². The molecule has 0 saturated heterocycles. The minimum atomic E-state index is 0.691. The first-order valence-electron chi connectivity index (χ1n) is 4.23. The molecule has 2 rings (SSSR count). The van der Waals surface area contributed by atoms with E-state index in [1.54, 1.807) is 24.5 Å². The third kappa shape index (κ3) is 1.16. The molecule has 70 valence electrons. The highest BCUT2D eigenvalue weighted by atomic mass is 32.1. The van der Waals surface area contributed by atoms with E-state index >= 15 is 0 Å². The fraction of sp³-hybridized carbons (Fsp3) is 0.182. The summed E-state index contributed by atoms with van der Waals surface area (Å²) >= 11 is 1.64. The molecule has 0 amide bonds. The quantitative estimate of drug-likeness (QED) is 0.713. The lowest BCUT2D eigenvalue weighted by atomic mass is 10.1. The molecule has 2 nitrogen and oxygen atoms in total. The molecule has 1 aromatic carbocycles. The number of benzene rings is 1.